The first-order valence-electron chi connectivity index (χ1n) is 6.49. The van der Waals surface area contributed by atoms with Crippen LogP contribution in [0.5, 0.6) is 0 Å². The van der Waals surface area contributed by atoms with Crippen LogP contribution in [0.25, 0.3) is 0 Å². The van der Waals surface area contributed by atoms with Crippen LogP contribution in [-0.4, -0.2) is 29.3 Å². The van der Waals surface area contributed by atoms with Crippen LogP contribution in [0.15, 0.2) is 18.2 Å². The summed E-state index contributed by atoms with van der Waals surface area (Å²) in [4.78, 5) is 24.7. The van der Waals surface area contributed by atoms with E-state index in [0.717, 1.165) is 18.9 Å². The van der Waals surface area contributed by atoms with E-state index in [0.29, 0.717) is 12.6 Å². The summed E-state index contributed by atoms with van der Waals surface area (Å²) in [6, 6.07) is 3.20. The van der Waals surface area contributed by atoms with Gasteiger partial charge in [0.05, 0.1) is 5.69 Å². The molecule has 1 fully saturated rings. The van der Waals surface area contributed by atoms with Crippen molar-refractivity contribution in [2.24, 2.45) is 0 Å². The molecule has 1 aromatic rings. The minimum Gasteiger partial charge on any atom is -0.339 e. The zero-order valence-electron chi connectivity index (χ0n) is 11.2. The van der Waals surface area contributed by atoms with Crippen molar-refractivity contribution in [1.82, 2.24) is 4.90 Å². The first-order valence-corrected chi connectivity index (χ1v) is 6.49. The Hall–Kier alpha value is -1.98. The Balaban J connectivity index is 1.87. The maximum atomic E-state index is 13.4. The van der Waals surface area contributed by atoms with Crippen molar-refractivity contribution in [2.45, 2.75) is 32.2 Å². The molecule has 1 saturated carbocycles. The van der Waals surface area contributed by atoms with Crippen molar-refractivity contribution in [2.75, 3.05) is 11.9 Å². The Morgan fingerprint density at radius 2 is 2.05 bits per heavy atom. The zero-order valence-corrected chi connectivity index (χ0v) is 11.2. The van der Waals surface area contributed by atoms with Crippen LogP contribution in [0.2, 0.25) is 0 Å². The van der Waals surface area contributed by atoms with E-state index in [2.05, 4.69) is 5.32 Å². The number of hydrogen-bond acceptors (Lipinski definition) is 2. The standard InChI is InChI=1S/C14H16F2N2O2/c1-9(19)18(11-3-4-11)7-6-14(20)17-13-5-2-10(15)8-12(13)16/h2,5,8,11H,3-4,6-7H2,1H3,(H,17,20). The summed E-state index contributed by atoms with van der Waals surface area (Å²) in [7, 11) is 0. The molecule has 0 aliphatic heterocycles. The molecule has 0 bridgehead atoms. The molecular formula is C14H16F2N2O2. The number of halogens is 2. The zero-order chi connectivity index (χ0) is 14.7. The van der Waals surface area contributed by atoms with E-state index >= 15 is 0 Å². The van der Waals surface area contributed by atoms with E-state index in [-0.39, 0.29) is 24.1 Å². The fourth-order valence-corrected chi connectivity index (χ4v) is 2.01. The van der Waals surface area contributed by atoms with Crippen molar-refractivity contribution in [3.05, 3.63) is 29.8 Å². The molecule has 1 N–H and O–H groups in total. The van der Waals surface area contributed by atoms with E-state index in [1.54, 1.807) is 4.90 Å². The monoisotopic (exact) mass is 282 g/mol. The van der Waals surface area contributed by atoms with Gasteiger partial charge in [0.25, 0.3) is 0 Å². The lowest BCUT2D eigenvalue weighted by Gasteiger charge is -2.20. The summed E-state index contributed by atoms with van der Waals surface area (Å²) >= 11 is 0. The molecule has 2 rings (SSSR count). The van der Waals surface area contributed by atoms with Crippen molar-refractivity contribution in [3.63, 3.8) is 0 Å². The molecule has 1 aliphatic rings. The average Bonchev–Trinajstić information content (AvgIpc) is 3.17. The van der Waals surface area contributed by atoms with Gasteiger partial charge >= 0.3 is 0 Å². The Morgan fingerprint density at radius 3 is 2.60 bits per heavy atom. The van der Waals surface area contributed by atoms with Crippen LogP contribution in [0.3, 0.4) is 0 Å². The number of amides is 2. The van der Waals surface area contributed by atoms with Crippen LogP contribution in [0.1, 0.15) is 26.2 Å². The third-order valence-electron chi connectivity index (χ3n) is 3.18. The van der Waals surface area contributed by atoms with Crippen molar-refractivity contribution >= 4 is 17.5 Å². The Kier molecular flexibility index (Phi) is 4.32. The van der Waals surface area contributed by atoms with Crippen LogP contribution in [0, 0.1) is 11.6 Å². The van der Waals surface area contributed by atoms with Gasteiger partial charge in [-0.25, -0.2) is 8.78 Å². The molecule has 0 spiro atoms. The largest absolute Gasteiger partial charge is 0.339 e. The molecule has 6 heteroatoms. The van der Waals surface area contributed by atoms with Crippen molar-refractivity contribution < 1.29 is 18.4 Å². The average molecular weight is 282 g/mol. The number of benzene rings is 1. The Labute approximate surface area is 115 Å². The first kappa shape index (κ1) is 14.4. The number of nitrogens with zero attached hydrogens (tertiary/aromatic N) is 1. The van der Waals surface area contributed by atoms with Crippen LogP contribution >= 0.6 is 0 Å². The number of anilines is 1. The second-order valence-corrected chi connectivity index (χ2v) is 4.87. The van der Waals surface area contributed by atoms with E-state index in [9.17, 15) is 18.4 Å². The number of nitrogens with one attached hydrogen (secondary N) is 1. The molecule has 108 valence electrons. The Morgan fingerprint density at radius 1 is 1.35 bits per heavy atom. The lowest BCUT2D eigenvalue weighted by atomic mass is 10.2. The Bertz CT molecular complexity index is 530. The maximum absolute atomic E-state index is 13.4. The normalized spacial score (nSPS) is 13.9. The molecule has 20 heavy (non-hydrogen) atoms. The van der Waals surface area contributed by atoms with Crippen molar-refractivity contribution in [1.29, 1.82) is 0 Å². The molecule has 0 atom stereocenters. The van der Waals surface area contributed by atoms with Gasteiger partial charge in [-0.15, -0.1) is 0 Å². The van der Waals surface area contributed by atoms with Crippen molar-refractivity contribution in [3.8, 4) is 0 Å². The number of carbonyl (C=O) groups is 2. The number of hydrogen-bond donors (Lipinski definition) is 1. The predicted molar refractivity (Wildman–Crippen MR) is 70.0 cm³/mol. The highest BCUT2D eigenvalue weighted by Gasteiger charge is 2.30. The second kappa shape index (κ2) is 5.98. The van der Waals surface area contributed by atoms with E-state index in [4.69, 9.17) is 0 Å². The molecule has 2 amide bonds. The van der Waals surface area contributed by atoms with Gasteiger partial charge in [-0.2, -0.15) is 0 Å². The van der Waals surface area contributed by atoms with Gasteiger partial charge in [0, 0.05) is 32.0 Å². The maximum Gasteiger partial charge on any atom is 0.226 e. The van der Waals surface area contributed by atoms with Gasteiger partial charge in [-0.05, 0) is 25.0 Å². The molecule has 0 radical (unpaired) electrons. The molecular weight excluding hydrogens is 266 g/mol. The molecule has 0 heterocycles. The number of rotatable bonds is 5. The molecule has 0 unspecified atom stereocenters. The first-order chi connectivity index (χ1) is 9.47. The highest BCUT2D eigenvalue weighted by atomic mass is 19.1. The molecule has 4 nitrogen and oxygen atoms in total. The summed E-state index contributed by atoms with van der Waals surface area (Å²) in [5.74, 6) is -1.98. The summed E-state index contributed by atoms with van der Waals surface area (Å²) in [6.45, 7) is 1.78. The van der Waals surface area contributed by atoms with Crippen LogP contribution < -0.4 is 5.32 Å². The smallest absolute Gasteiger partial charge is 0.226 e. The van der Waals surface area contributed by atoms with Crippen LogP contribution in [0.4, 0.5) is 14.5 Å². The molecule has 0 aromatic heterocycles. The molecule has 0 saturated heterocycles. The number of carbonyl (C=O) groups excluding carboxylic acids is 2. The summed E-state index contributed by atoms with van der Waals surface area (Å²) in [5, 5.41) is 2.37. The summed E-state index contributed by atoms with van der Waals surface area (Å²) in [5.41, 5.74) is -0.0582. The van der Waals surface area contributed by atoms with E-state index in [1.165, 1.54) is 13.0 Å². The van der Waals surface area contributed by atoms with Gasteiger partial charge in [0.15, 0.2) is 0 Å². The van der Waals surface area contributed by atoms with E-state index in [1.807, 2.05) is 0 Å². The molecule has 1 aliphatic carbocycles. The van der Waals surface area contributed by atoms with Gasteiger partial charge in [-0.3, -0.25) is 9.59 Å². The lowest BCUT2D eigenvalue weighted by Crippen LogP contribution is -2.33. The van der Waals surface area contributed by atoms with Gasteiger partial charge in [0.2, 0.25) is 11.8 Å². The topological polar surface area (TPSA) is 49.4 Å². The fourth-order valence-electron chi connectivity index (χ4n) is 2.01. The highest BCUT2D eigenvalue weighted by Crippen LogP contribution is 2.27. The third kappa shape index (κ3) is 3.76. The van der Waals surface area contributed by atoms with Gasteiger partial charge < -0.3 is 10.2 Å². The van der Waals surface area contributed by atoms with E-state index < -0.39 is 17.5 Å². The fraction of sp³-hybridized carbons (Fsp3) is 0.429. The highest BCUT2D eigenvalue weighted by molar-refractivity contribution is 5.91. The summed E-state index contributed by atoms with van der Waals surface area (Å²) < 4.78 is 26.1. The third-order valence-corrected chi connectivity index (χ3v) is 3.18. The minimum atomic E-state index is -0.816. The SMILES string of the molecule is CC(=O)N(CCC(=O)Nc1ccc(F)cc1F)C1CC1. The molecule has 1 aromatic carbocycles. The second-order valence-electron chi connectivity index (χ2n) is 4.87. The summed E-state index contributed by atoms with van der Waals surface area (Å²) in [6.07, 6.45) is 2.02. The lowest BCUT2D eigenvalue weighted by molar-refractivity contribution is -0.129. The predicted octanol–water partition coefficient (Wildman–Crippen LogP) is 2.30. The minimum absolute atomic E-state index is 0.0582. The van der Waals surface area contributed by atoms with Gasteiger partial charge in [-0.1, -0.05) is 0 Å². The van der Waals surface area contributed by atoms with Crippen LogP contribution in [-0.2, 0) is 9.59 Å². The van der Waals surface area contributed by atoms with Gasteiger partial charge in [0.1, 0.15) is 11.6 Å². The quantitative estimate of drug-likeness (QED) is 0.901.